The van der Waals surface area contributed by atoms with Crippen molar-refractivity contribution in [1.29, 1.82) is 0 Å². The largest absolute Gasteiger partial charge is 0.480 e. The Bertz CT molecular complexity index is 385. The average Bonchev–Trinajstić information content (AvgIpc) is 2.42. The van der Waals surface area contributed by atoms with Crippen LogP contribution in [-0.2, 0) is 9.53 Å². The summed E-state index contributed by atoms with van der Waals surface area (Å²) >= 11 is 1.84. The SMILES string of the molecule is CC1SCCN(C(=O)NC2(C(=O)O)CCOCC2)C1C. The van der Waals surface area contributed by atoms with Crippen LogP contribution >= 0.6 is 11.8 Å². The van der Waals surface area contributed by atoms with Gasteiger partial charge in [-0.3, -0.25) is 0 Å². The number of carbonyl (C=O) groups is 2. The van der Waals surface area contributed by atoms with E-state index in [0.717, 1.165) is 5.75 Å². The van der Waals surface area contributed by atoms with Crippen LogP contribution in [0.1, 0.15) is 26.7 Å². The summed E-state index contributed by atoms with van der Waals surface area (Å²) < 4.78 is 5.21. The lowest BCUT2D eigenvalue weighted by Crippen LogP contribution is -2.62. The van der Waals surface area contributed by atoms with Gasteiger partial charge in [-0.05, 0) is 6.92 Å². The molecule has 0 aliphatic carbocycles. The molecule has 2 rings (SSSR count). The molecule has 0 saturated carbocycles. The van der Waals surface area contributed by atoms with Crippen molar-refractivity contribution in [3.63, 3.8) is 0 Å². The number of carbonyl (C=O) groups excluding carboxylic acids is 1. The van der Waals surface area contributed by atoms with E-state index in [1.54, 1.807) is 4.90 Å². The first-order chi connectivity index (χ1) is 9.46. The van der Waals surface area contributed by atoms with Crippen LogP contribution in [-0.4, -0.2) is 64.3 Å². The number of nitrogens with one attached hydrogen (secondary N) is 1. The van der Waals surface area contributed by atoms with Gasteiger partial charge in [-0.25, -0.2) is 9.59 Å². The predicted octanol–water partition coefficient (Wildman–Crippen LogP) is 1.16. The number of aliphatic carboxylic acids is 1. The second-order valence-corrected chi connectivity index (χ2v) is 6.92. The number of nitrogens with zero attached hydrogens (tertiary/aromatic N) is 1. The first-order valence-electron chi connectivity index (χ1n) is 6.98. The van der Waals surface area contributed by atoms with Crippen molar-refractivity contribution in [2.45, 2.75) is 43.5 Å². The molecule has 0 spiro atoms. The summed E-state index contributed by atoms with van der Waals surface area (Å²) in [6.45, 7) is 5.50. The molecular formula is C13H22N2O4S. The number of urea groups is 1. The summed E-state index contributed by atoms with van der Waals surface area (Å²) in [4.78, 5) is 25.7. The van der Waals surface area contributed by atoms with Crippen LogP contribution < -0.4 is 5.32 Å². The van der Waals surface area contributed by atoms with Gasteiger partial charge in [0.25, 0.3) is 0 Å². The third-order valence-electron chi connectivity index (χ3n) is 4.25. The Morgan fingerprint density at radius 2 is 2.00 bits per heavy atom. The highest BCUT2D eigenvalue weighted by Crippen LogP contribution is 2.26. The molecule has 0 aromatic heterocycles. The molecule has 2 N–H and O–H groups in total. The fourth-order valence-electron chi connectivity index (χ4n) is 2.61. The summed E-state index contributed by atoms with van der Waals surface area (Å²) in [5, 5.41) is 12.6. The van der Waals surface area contributed by atoms with Crippen molar-refractivity contribution in [2.24, 2.45) is 0 Å². The summed E-state index contributed by atoms with van der Waals surface area (Å²) in [5.74, 6) is -0.0801. The maximum absolute atomic E-state index is 12.4. The molecule has 6 nitrogen and oxygen atoms in total. The maximum atomic E-state index is 12.4. The van der Waals surface area contributed by atoms with Gasteiger partial charge in [0, 0.05) is 49.6 Å². The van der Waals surface area contributed by atoms with E-state index < -0.39 is 11.5 Å². The van der Waals surface area contributed by atoms with Crippen LogP contribution in [0.15, 0.2) is 0 Å². The highest BCUT2D eigenvalue weighted by Gasteiger charge is 2.43. The van der Waals surface area contributed by atoms with Gasteiger partial charge < -0.3 is 20.1 Å². The zero-order valence-electron chi connectivity index (χ0n) is 11.9. The number of carboxylic acid groups (broad SMARTS) is 1. The molecule has 2 fully saturated rings. The van der Waals surface area contributed by atoms with E-state index in [2.05, 4.69) is 12.2 Å². The van der Waals surface area contributed by atoms with Crippen molar-refractivity contribution in [1.82, 2.24) is 10.2 Å². The smallest absolute Gasteiger partial charge is 0.329 e. The molecule has 7 heteroatoms. The predicted molar refractivity (Wildman–Crippen MR) is 77.0 cm³/mol. The van der Waals surface area contributed by atoms with E-state index in [9.17, 15) is 14.7 Å². The second kappa shape index (κ2) is 6.22. The van der Waals surface area contributed by atoms with Crippen LogP contribution in [0.25, 0.3) is 0 Å². The molecule has 0 aromatic rings. The number of thioether (sulfide) groups is 1. The Kier molecular flexibility index (Phi) is 4.80. The molecule has 2 aliphatic heterocycles. The fraction of sp³-hybridized carbons (Fsp3) is 0.846. The molecule has 20 heavy (non-hydrogen) atoms. The minimum absolute atomic E-state index is 0.111. The number of carboxylic acids is 1. The number of rotatable bonds is 2. The first kappa shape index (κ1) is 15.4. The quantitative estimate of drug-likeness (QED) is 0.800. The van der Waals surface area contributed by atoms with E-state index in [1.165, 1.54) is 0 Å². The minimum atomic E-state index is -1.18. The van der Waals surface area contributed by atoms with Gasteiger partial charge in [0.15, 0.2) is 0 Å². The van der Waals surface area contributed by atoms with E-state index in [1.807, 2.05) is 18.7 Å². The maximum Gasteiger partial charge on any atom is 0.329 e. The standard InChI is InChI=1S/C13H22N2O4S/c1-9-10(2)20-8-5-15(9)12(18)14-13(11(16)17)3-6-19-7-4-13/h9-10H,3-8H2,1-2H3,(H,14,18)(H,16,17). The lowest BCUT2D eigenvalue weighted by molar-refractivity contribution is -0.148. The second-order valence-electron chi connectivity index (χ2n) is 5.44. The van der Waals surface area contributed by atoms with Crippen LogP contribution in [0.2, 0.25) is 0 Å². The van der Waals surface area contributed by atoms with Crippen LogP contribution in [0.5, 0.6) is 0 Å². The normalized spacial score (nSPS) is 29.8. The highest BCUT2D eigenvalue weighted by molar-refractivity contribution is 8.00. The summed E-state index contributed by atoms with van der Waals surface area (Å²) in [7, 11) is 0. The molecule has 2 heterocycles. The van der Waals surface area contributed by atoms with Gasteiger partial charge in [0.2, 0.25) is 0 Å². The van der Waals surface area contributed by atoms with Crippen molar-refractivity contribution >= 4 is 23.8 Å². The van der Waals surface area contributed by atoms with E-state index in [-0.39, 0.29) is 12.1 Å². The molecule has 2 atom stereocenters. The van der Waals surface area contributed by atoms with Crippen LogP contribution in [0.4, 0.5) is 4.79 Å². The zero-order chi connectivity index (χ0) is 14.8. The third-order valence-corrected chi connectivity index (χ3v) is 5.58. The van der Waals surface area contributed by atoms with E-state index >= 15 is 0 Å². The Balaban J connectivity index is 2.06. The molecule has 114 valence electrons. The summed E-state index contributed by atoms with van der Waals surface area (Å²) in [5.41, 5.74) is -1.18. The molecule has 2 saturated heterocycles. The van der Waals surface area contributed by atoms with Crippen LogP contribution in [0, 0.1) is 0 Å². The Morgan fingerprint density at radius 3 is 2.60 bits per heavy atom. The summed E-state index contributed by atoms with van der Waals surface area (Å²) in [6, 6.07) is -0.159. The van der Waals surface area contributed by atoms with E-state index in [4.69, 9.17) is 4.74 Å². The van der Waals surface area contributed by atoms with Crippen molar-refractivity contribution < 1.29 is 19.4 Å². The topological polar surface area (TPSA) is 78.9 Å². The molecular weight excluding hydrogens is 280 g/mol. The van der Waals surface area contributed by atoms with Gasteiger partial charge in [0.1, 0.15) is 5.54 Å². The van der Waals surface area contributed by atoms with Gasteiger partial charge >= 0.3 is 12.0 Å². The molecule has 2 aliphatic rings. The number of hydrogen-bond acceptors (Lipinski definition) is 4. The molecule has 0 bridgehead atoms. The highest BCUT2D eigenvalue weighted by atomic mass is 32.2. The van der Waals surface area contributed by atoms with Crippen LogP contribution in [0.3, 0.4) is 0 Å². The van der Waals surface area contributed by atoms with Crippen molar-refractivity contribution in [3.05, 3.63) is 0 Å². The molecule has 0 radical (unpaired) electrons. The molecule has 2 amide bonds. The number of ether oxygens (including phenoxy) is 1. The molecule has 2 unspecified atom stereocenters. The lowest BCUT2D eigenvalue weighted by atomic mass is 9.90. The Labute approximate surface area is 123 Å². The van der Waals surface area contributed by atoms with Crippen molar-refractivity contribution in [3.8, 4) is 0 Å². The number of amides is 2. The van der Waals surface area contributed by atoms with Gasteiger partial charge in [-0.1, -0.05) is 6.92 Å². The average molecular weight is 302 g/mol. The van der Waals surface area contributed by atoms with Gasteiger partial charge in [-0.2, -0.15) is 11.8 Å². The van der Waals surface area contributed by atoms with Gasteiger partial charge in [0.05, 0.1) is 0 Å². The monoisotopic (exact) mass is 302 g/mol. The third kappa shape index (κ3) is 3.03. The summed E-state index contributed by atoms with van der Waals surface area (Å²) in [6.07, 6.45) is 0.640. The minimum Gasteiger partial charge on any atom is -0.480 e. The zero-order valence-corrected chi connectivity index (χ0v) is 12.7. The molecule has 0 aromatic carbocycles. The Hall–Kier alpha value is -0.950. The van der Waals surface area contributed by atoms with E-state index in [0.29, 0.717) is 37.9 Å². The van der Waals surface area contributed by atoms with Gasteiger partial charge in [-0.15, -0.1) is 0 Å². The van der Waals surface area contributed by atoms with Crippen molar-refractivity contribution in [2.75, 3.05) is 25.5 Å². The fourth-order valence-corrected chi connectivity index (χ4v) is 3.71. The lowest BCUT2D eigenvalue weighted by Gasteiger charge is -2.41. The first-order valence-corrected chi connectivity index (χ1v) is 8.03. The Morgan fingerprint density at radius 1 is 1.35 bits per heavy atom. The number of hydrogen-bond donors (Lipinski definition) is 2.